The summed E-state index contributed by atoms with van der Waals surface area (Å²) in [5.74, 6) is 0. The molecular weight excluding hydrogens is 224 g/mol. The fourth-order valence-corrected chi connectivity index (χ4v) is 2.22. The third-order valence-corrected chi connectivity index (χ3v) is 2.94. The summed E-state index contributed by atoms with van der Waals surface area (Å²) in [5, 5.41) is 0.566. The van der Waals surface area contributed by atoms with Gasteiger partial charge in [0.15, 0.2) is 0 Å². The molecule has 0 aliphatic carbocycles. The van der Waals surface area contributed by atoms with E-state index in [2.05, 4.69) is 16.8 Å². The first kappa shape index (κ1) is 11.8. The van der Waals surface area contributed by atoms with Crippen molar-refractivity contribution in [3.8, 4) is 0 Å². The molecule has 3 nitrogen and oxygen atoms in total. The molecule has 2 heterocycles. The van der Waals surface area contributed by atoms with Crippen molar-refractivity contribution in [3.05, 3.63) is 29.0 Å². The molecule has 88 valence electrons. The Bertz CT molecular complexity index is 346. The summed E-state index contributed by atoms with van der Waals surface area (Å²) < 4.78 is 5.61. The van der Waals surface area contributed by atoms with Gasteiger partial charge in [-0.2, -0.15) is 0 Å². The Kier molecular flexibility index (Phi) is 4.16. The van der Waals surface area contributed by atoms with E-state index in [1.807, 2.05) is 12.1 Å². The lowest BCUT2D eigenvalue weighted by Crippen LogP contribution is -2.29. The van der Waals surface area contributed by atoms with Crippen molar-refractivity contribution in [2.24, 2.45) is 0 Å². The number of rotatable bonds is 2. The summed E-state index contributed by atoms with van der Waals surface area (Å²) >= 11 is 5.87. The second-order valence-corrected chi connectivity index (χ2v) is 4.64. The zero-order valence-corrected chi connectivity index (χ0v) is 10.3. The van der Waals surface area contributed by atoms with Gasteiger partial charge in [0.2, 0.25) is 0 Å². The number of hydrogen-bond donors (Lipinski definition) is 0. The maximum absolute atomic E-state index is 5.87. The summed E-state index contributed by atoms with van der Waals surface area (Å²) in [6.45, 7) is 5.99. The number of nitrogens with zero attached hydrogens (tertiary/aromatic N) is 2. The van der Waals surface area contributed by atoms with Crippen LogP contribution in [-0.2, 0) is 11.3 Å². The second-order valence-electron chi connectivity index (χ2n) is 4.26. The van der Waals surface area contributed by atoms with Crippen LogP contribution >= 0.6 is 11.6 Å². The Morgan fingerprint density at radius 2 is 2.50 bits per heavy atom. The lowest BCUT2D eigenvalue weighted by Gasteiger charge is -2.21. The SMILES string of the molecule is CC1CN(Cc2ccnc(Cl)c2)CCCO1. The number of pyridine rings is 1. The maximum atomic E-state index is 5.87. The maximum Gasteiger partial charge on any atom is 0.129 e. The van der Waals surface area contributed by atoms with Gasteiger partial charge in [-0.05, 0) is 31.0 Å². The first-order chi connectivity index (χ1) is 7.74. The predicted octanol–water partition coefficient (Wildman–Crippen LogP) is 2.35. The van der Waals surface area contributed by atoms with Gasteiger partial charge in [0.1, 0.15) is 5.15 Å². The van der Waals surface area contributed by atoms with Crippen LogP contribution in [0.2, 0.25) is 5.15 Å². The van der Waals surface area contributed by atoms with Gasteiger partial charge in [-0.15, -0.1) is 0 Å². The minimum absolute atomic E-state index is 0.319. The van der Waals surface area contributed by atoms with Crippen LogP contribution in [0.5, 0.6) is 0 Å². The minimum atomic E-state index is 0.319. The van der Waals surface area contributed by atoms with E-state index in [0.29, 0.717) is 11.3 Å². The van der Waals surface area contributed by atoms with Gasteiger partial charge in [0, 0.05) is 32.4 Å². The van der Waals surface area contributed by atoms with E-state index >= 15 is 0 Å². The van der Waals surface area contributed by atoms with Crippen LogP contribution in [0.1, 0.15) is 18.9 Å². The molecule has 1 aromatic rings. The smallest absolute Gasteiger partial charge is 0.129 e. The number of ether oxygens (including phenoxy) is 1. The predicted molar refractivity (Wildman–Crippen MR) is 64.6 cm³/mol. The molecule has 1 unspecified atom stereocenters. The van der Waals surface area contributed by atoms with Crippen LogP contribution in [0.25, 0.3) is 0 Å². The van der Waals surface area contributed by atoms with Crippen molar-refractivity contribution < 1.29 is 4.74 Å². The highest BCUT2D eigenvalue weighted by atomic mass is 35.5. The molecule has 0 aromatic carbocycles. The molecule has 2 rings (SSSR count). The molecule has 4 heteroatoms. The highest BCUT2D eigenvalue weighted by Gasteiger charge is 2.14. The highest BCUT2D eigenvalue weighted by Crippen LogP contribution is 2.12. The quantitative estimate of drug-likeness (QED) is 0.742. The van der Waals surface area contributed by atoms with Crippen LogP contribution in [-0.4, -0.2) is 35.7 Å². The molecule has 0 amide bonds. The van der Waals surface area contributed by atoms with Crippen LogP contribution in [0, 0.1) is 0 Å². The van der Waals surface area contributed by atoms with E-state index < -0.39 is 0 Å². The molecule has 0 bridgehead atoms. The fraction of sp³-hybridized carbons (Fsp3) is 0.583. The molecule has 1 fully saturated rings. The van der Waals surface area contributed by atoms with E-state index in [0.717, 1.165) is 32.7 Å². The zero-order chi connectivity index (χ0) is 11.4. The van der Waals surface area contributed by atoms with Crippen molar-refractivity contribution in [2.75, 3.05) is 19.7 Å². The summed E-state index contributed by atoms with van der Waals surface area (Å²) in [4.78, 5) is 6.39. The van der Waals surface area contributed by atoms with E-state index in [1.165, 1.54) is 5.56 Å². The van der Waals surface area contributed by atoms with E-state index in [-0.39, 0.29) is 0 Å². The molecule has 1 atom stereocenters. The standard InChI is InChI=1S/C12H17ClN2O/c1-10-8-15(5-2-6-16-10)9-11-3-4-14-12(13)7-11/h3-4,7,10H,2,5-6,8-9H2,1H3. The molecule has 0 spiro atoms. The largest absolute Gasteiger partial charge is 0.377 e. The monoisotopic (exact) mass is 240 g/mol. The normalized spacial score (nSPS) is 23.0. The fourth-order valence-electron chi connectivity index (χ4n) is 2.02. The number of aromatic nitrogens is 1. The lowest BCUT2D eigenvalue weighted by atomic mass is 10.2. The average Bonchev–Trinajstić information content (AvgIpc) is 2.43. The first-order valence-corrected chi connectivity index (χ1v) is 6.06. The Morgan fingerprint density at radius 1 is 1.62 bits per heavy atom. The van der Waals surface area contributed by atoms with Crippen molar-refractivity contribution in [3.63, 3.8) is 0 Å². The van der Waals surface area contributed by atoms with Gasteiger partial charge in [-0.3, -0.25) is 4.90 Å². The first-order valence-electron chi connectivity index (χ1n) is 5.68. The van der Waals surface area contributed by atoms with Crippen LogP contribution < -0.4 is 0 Å². The van der Waals surface area contributed by atoms with Crippen LogP contribution in [0.3, 0.4) is 0 Å². The van der Waals surface area contributed by atoms with Crippen LogP contribution in [0.4, 0.5) is 0 Å². The molecule has 0 saturated carbocycles. The summed E-state index contributed by atoms with van der Waals surface area (Å²) in [5.41, 5.74) is 1.22. The zero-order valence-electron chi connectivity index (χ0n) is 9.53. The molecule has 0 N–H and O–H groups in total. The number of halogens is 1. The van der Waals surface area contributed by atoms with Crippen molar-refractivity contribution in [1.82, 2.24) is 9.88 Å². The highest BCUT2D eigenvalue weighted by molar-refractivity contribution is 6.29. The number of hydrogen-bond acceptors (Lipinski definition) is 3. The van der Waals surface area contributed by atoms with E-state index in [9.17, 15) is 0 Å². The molecule has 1 aliphatic rings. The van der Waals surface area contributed by atoms with Gasteiger partial charge in [-0.25, -0.2) is 4.98 Å². The lowest BCUT2D eigenvalue weighted by molar-refractivity contribution is 0.0668. The molecule has 1 saturated heterocycles. The molecule has 1 aliphatic heterocycles. The van der Waals surface area contributed by atoms with Crippen molar-refractivity contribution in [1.29, 1.82) is 0 Å². The molecule has 1 aromatic heterocycles. The summed E-state index contributed by atoms with van der Waals surface area (Å²) in [6, 6.07) is 3.94. The second kappa shape index (κ2) is 5.62. The Balaban J connectivity index is 1.97. The minimum Gasteiger partial charge on any atom is -0.377 e. The van der Waals surface area contributed by atoms with Gasteiger partial charge in [0.05, 0.1) is 6.10 Å². The Hall–Kier alpha value is -0.640. The van der Waals surface area contributed by atoms with Gasteiger partial charge in [-0.1, -0.05) is 11.6 Å². The molecule has 0 radical (unpaired) electrons. The topological polar surface area (TPSA) is 25.4 Å². The van der Waals surface area contributed by atoms with Crippen LogP contribution in [0.15, 0.2) is 18.3 Å². The van der Waals surface area contributed by atoms with Crippen molar-refractivity contribution in [2.45, 2.75) is 26.0 Å². The average molecular weight is 241 g/mol. The van der Waals surface area contributed by atoms with Gasteiger partial charge in [0.25, 0.3) is 0 Å². The summed E-state index contributed by atoms with van der Waals surface area (Å²) in [7, 11) is 0. The third-order valence-electron chi connectivity index (χ3n) is 2.73. The van der Waals surface area contributed by atoms with E-state index in [4.69, 9.17) is 16.3 Å². The molecule has 16 heavy (non-hydrogen) atoms. The Labute approximate surface area is 101 Å². The van der Waals surface area contributed by atoms with Crippen molar-refractivity contribution >= 4 is 11.6 Å². The van der Waals surface area contributed by atoms with E-state index in [1.54, 1.807) is 6.20 Å². The molecular formula is C12H17ClN2O. The van der Waals surface area contributed by atoms with Gasteiger partial charge < -0.3 is 4.74 Å². The van der Waals surface area contributed by atoms with Gasteiger partial charge >= 0.3 is 0 Å². The Morgan fingerprint density at radius 3 is 3.31 bits per heavy atom. The third kappa shape index (κ3) is 3.44. The summed E-state index contributed by atoms with van der Waals surface area (Å²) in [6.07, 6.45) is 3.18.